The van der Waals surface area contributed by atoms with Gasteiger partial charge in [0, 0.05) is 17.0 Å². The van der Waals surface area contributed by atoms with Crippen LogP contribution in [0.3, 0.4) is 0 Å². The third-order valence-electron chi connectivity index (χ3n) is 4.66. The number of benzene rings is 3. The number of hydrogen-bond acceptors (Lipinski definition) is 5. The molecule has 0 radical (unpaired) electrons. The maximum Gasteiger partial charge on any atom is 0.196 e. The Morgan fingerprint density at radius 2 is 1.60 bits per heavy atom. The van der Waals surface area contributed by atoms with E-state index in [2.05, 4.69) is 39.9 Å². The Bertz CT molecular complexity index is 1100. The van der Waals surface area contributed by atoms with E-state index in [1.54, 1.807) is 18.9 Å². The molecule has 30 heavy (non-hydrogen) atoms. The number of methoxy groups -OCH3 is 1. The zero-order chi connectivity index (χ0) is 20.8. The lowest BCUT2D eigenvalue weighted by atomic mass is 10.2. The van der Waals surface area contributed by atoms with Gasteiger partial charge in [0.1, 0.15) is 11.5 Å². The molecule has 0 bridgehead atoms. The molecular formula is C24H23N3O2S. The van der Waals surface area contributed by atoms with Crippen LogP contribution in [0.1, 0.15) is 5.56 Å². The summed E-state index contributed by atoms with van der Waals surface area (Å²) in [4.78, 5) is 0. The Hall–Kier alpha value is -3.25. The van der Waals surface area contributed by atoms with Gasteiger partial charge in [-0.1, -0.05) is 48.2 Å². The highest BCUT2D eigenvalue weighted by Gasteiger charge is 2.16. The van der Waals surface area contributed by atoms with Crippen molar-refractivity contribution in [3.63, 3.8) is 0 Å². The summed E-state index contributed by atoms with van der Waals surface area (Å²) >= 11 is 1.63. The Morgan fingerprint density at radius 3 is 2.33 bits per heavy atom. The fourth-order valence-corrected chi connectivity index (χ4v) is 3.87. The van der Waals surface area contributed by atoms with Gasteiger partial charge in [-0.2, -0.15) is 0 Å². The first-order valence-electron chi connectivity index (χ1n) is 9.73. The third-order valence-corrected chi connectivity index (χ3v) is 5.55. The molecular weight excluding hydrogens is 394 g/mol. The lowest BCUT2D eigenvalue weighted by Gasteiger charge is -2.11. The molecule has 4 aromatic rings. The second-order valence-electron chi connectivity index (χ2n) is 6.67. The lowest BCUT2D eigenvalue weighted by Crippen LogP contribution is -2.04. The van der Waals surface area contributed by atoms with E-state index < -0.39 is 0 Å². The Labute approximate surface area is 180 Å². The molecule has 0 saturated carbocycles. The van der Waals surface area contributed by atoms with Gasteiger partial charge < -0.3 is 9.47 Å². The molecule has 5 nitrogen and oxygen atoms in total. The van der Waals surface area contributed by atoms with E-state index >= 15 is 0 Å². The molecule has 0 fully saturated rings. The van der Waals surface area contributed by atoms with Crippen molar-refractivity contribution >= 4 is 11.8 Å². The summed E-state index contributed by atoms with van der Waals surface area (Å²) < 4.78 is 13.3. The summed E-state index contributed by atoms with van der Waals surface area (Å²) in [6.07, 6.45) is 0. The standard InChI is InChI=1S/C24H23N3O2S/c1-18-8-6-7-11-22(18)29-16-17-30-24-26-25-23(19-12-14-21(28-2)15-13-19)27(24)20-9-4-3-5-10-20/h3-15H,16-17H2,1-2H3. The maximum absolute atomic E-state index is 5.93. The van der Waals surface area contributed by atoms with E-state index in [4.69, 9.17) is 9.47 Å². The van der Waals surface area contributed by atoms with Crippen molar-refractivity contribution < 1.29 is 9.47 Å². The molecule has 0 saturated heterocycles. The molecule has 0 atom stereocenters. The topological polar surface area (TPSA) is 49.2 Å². The lowest BCUT2D eigenvalue weighted by molar-refractivity contribution is 0.341. The number of hydrogen-bond donors (Lipinski definition) is 0. The molecule has 1 aromatic heterocycles. The highest BCUT2D eigenvalue weighted by Crippen LogP contribution is 2.29. The molecule has 0 N–H and O–H groups in total. The minimum atomic E-state index is 0.592. The fourth-order valence-electron chi connectivity index (χ4n) is 3.10. The van der Waals surface area contributed by atoms with Crippen LogP contribution in [-0.4, -0.2) is 34.2 Å². The van der Waals surface area contributed by atoms with Crippen molar-refractivity contribution in [2.75, 3.05) is 19.5 Å². The van der Waals surface area contributed by atoms with Gasteiger partial charge in [-0.25, -0.2) is 0 Å². The van der Waals surface area contributed by atoms with E-state index in [1.165, 1.54) is 0 Å². The Morgan fingerprint density at radius 1 is 0.867 bits per heavy atom. The molecule has 3 aromatic carbocycles. The Kier molecular flexibility index (Phi) is 6.35. The van der Waals surface area contributed by atoms with E-state index in [0.29, 0.717) is 6.61 Å². The summed E-state index contributed by atoms with van der Waals surface area (Å²) in [6, 6.07) is 26.1. The van der Waals surface area contributed by atoms with Crippen LogP contribution < -0.4 is 9.47 Å². The molecule has 1 heterocycles. The number of nitrogens with zero attached hydrogens (tertiary/aromatic N) is 3. The van der Waals surface area contributed by atoms with Crippen LogP contribution in [0.15, 0.2) is 84.0 Å². The van der Waals surface area contributed by atoms with E-state index in [0.717, 1.165) is 45.0 Å². The minimum Gasteiger partial charge on any atom is -0.497 e. The van der Waals surface area contributed by atoms with Gasteiger partial charge in [-0.3, -0.25) is 4.57 Å². The van der Waals surface area contributed by atoms with Crippen molar-refractivity contribution in [3.05, 3.63) is 84.4 Å². The number of aryl methyl sites for hydroxylation is 1. The number of thioether (sulfide) groups is 1. The quantitative estimate of drug-likeness (QED) is 0.283. The average molecular weight is 418 g/mol. The average Bonchev–Trinajstić information content (AvgIpc) is 3.22. The van der Waals surface area contributed by atoms with Gasteiger partial charge in [0.15, 0.2) is 11.0 Å². The first kappa shape index (κ1) is 20.0. The first-order chi connectivity index (χ1) is 14.8. The molecule has 0 aliphatic heterocycles. The monoisotopic (exact) mass is 417 g/mol. The number of aromatic nitrogens is 3. The van der Waals surface area contributed by atoms with Crippen LogP contribution in [0.5, 0.6) is 11.5 Å². The van der Waals surface area contributed by atoms with Gasteiger partial charge in [0.05, 0.1) is 13.7 Å². The van der Waals surface area contributed by atoms with Crippen LogP contribution in [0.2, 0.25) is 0 Å². The van der Waals surface area contributed by atoms with Crippen LogP contribution in [0, 0.1) is 6.92 Å². The van der Waals surface area contributed by atoms with E-state index in [1.807, 2.05) is 60.7 Å². The zero-order valence-corrected chi connectivity index (χ0v) is 17.8. The summed E-state index contributed by atoms with van der Waals surface area (Å²) in [5.41, 5.74) is 3.14. The van der Waals surface area contributed by atoms with Crippen molar-refractivity contribution in [2.24, 2.45) is 0 Å². The predicted octanol–water partition coefficient (Wildman–Crippen LogP) is 5.42. The van der Waals surface area contributed by atoms with Crippen LogP contribution >= 0.6 is 11.8 Å². The zero-order valence-electron chi connectivity index (χ0n) is 17.0. The largest absolute Gasteiger partial charge is 0.497 e. The van der Waals surface area contributed by atoms with Crippen molar-refractivity contribution in [3.8, 4) is 28.6 Å². The van der Waals surface area contributed by atoms with E-state index in [-0.39, 0.29) is 0 Å². The number of rotatable bonds is 8. The van der Waals surface area contributed by atoms with Crippen molar-refractivity contribution in [1.82, 2.24) is 14.8 Å². The third kappa shape index (κ3) is 4.49. The van der Waals surface area contributed by atoms with Crippen molar-refractivity contribution in [2.45, 2.75) is 12.1 Å². The molecule has 152 valence electrons. The van der Waals surface area contributed by atoms with Crippen molar-refractivity contribution in [1.29, 1.82) is 0 Å². The second kappa shape index (κ2) is 9.50. The first-order valence-corrected chi connectivity index (χ1v) is 10.7. The molecule has 6 heteroatoms. The second-order valence-corrected chi connectivity index (χ2v) is 7.73. The normalized spacial score (nSPS) is 10.7. The molecule has 0 aliphatic carbocycles. The van der Waals surface area contributed by atoms with Gasteiger partial charge >= 0.3 is 0 Å². The highest BCUT2D eigenvalue weighted by molar-refractivity contribution is 7.99. The smallest absolute Gasteiger partial charge is 0.196 e. The SMILES string of the molecule is COc1ccc(-c2nnc(SCCOc3ccccc3C)n2-c2ccccc2)cc1. The maximum atomic E-state index is 5.93. The van der Waals surface area contributed by atoms with Crippen LogP contribution in [0.4, 0.5) is 0 Å². The van der Waals surface area contributed by atoms with E-state index in [9.17, 15) is 0 Å². The van der Waals surface area contributed by atoms with Crippen LogP contribution in [0.25, 0.3) is 17.1 Å². The highest BCUT2D eigenvalue weighted by atomic mass is 32.2. The summed E-state index contributed by atoms with van der Waals surface area (Å²) in [6.45, 7) is 2.64. The van der Waals surface area contributed by atoms with Gasteiger partial charge in [-0.05, 0) is 55.0 Å². The van der Waals surface area contributed by atoms with Gasteiger partial charge in [0.2, 0.25) is 0 Å². The predicted molar refractivity (Wildman–Crippen MR) is 121 cm³/mol. The number of ether oxygens (including phenoxy) is 2. The summed E-state index contributed by atoms with van der Waals surface area (Å²) in [7, 11) is 1.66. The molecule has 0 aliphatic rings. The molecule has 0 amide bonds. The van der Waals surface area contributed by atoms with Gasteiger partial charge in [0.25, 0.3) is 0 Å². The summed E-state index contributed by atoms with van der Waals surface area (Å²) in [5.74, 6) is 3.29. The fraction of sp³-hybridized carbons (Fsp3) is 0.167. The van der Waals surface area contributed by atoms with Gasteiger partial charge in [-0.15, -0.1) is 10.2 Å². The minimum absolute atomic E-state index is 0.592. The molecule has 4 rings (SSSR count). The molecule has 0 spiro atoms. The number of para-hydroxylation sites is 2. The molecule has 0 unspecified atom stereocenters. The van der Waals surface area contributed by atoms with Crippen LogP contribution in [-0.2, 0) is 0 Å². The summed E-state index contributed by atoms with van der Waals surface area (Å²) in [5, 5.41) is 9.78. The Balaban J connectivity index is 1.55.